The van der Waals surface area contributed by atoms with Crippen LogP contribution in [0.5, 0.6) is 0 Å². The molecular formula is C8H12O2. The standard InChI is InChI=1S/C8H12O2/c1-10-6-7-4-2-3-5-8(7)9/h6H,2-5H2,1H3/b7-6+. The Morgan fingerprint density at radius 2 is 2.10 bits per heavy atom. The van der Waals surface area contributed by atoms with Crippen molar-refractivity contribution in [1.82, 2.24) is 0 Å². The topological polar surface area (TPSA) is 26.3 Å². The van der Waals surface area contributed by atoms with E-state index in [0.29, 0.717) is 6.42 Å². The van der Waals surface area contributed by atoms with E-state index in [9.17, 15) is 4.79 Å². The van der Waals surface area contributed by atoms with E-state index in [1.54, 1.807) is 13.4 Å². The predicted octanol–water partition coefficient (Wildman–Crippen LogP) is 1.66. The fourth-order valence-electron chi connectivity index (χ4n) is 1.17. The van der Waals surface area contributed by atoms with Crippen molar-refractivity contribution < 1.29 is 9.53 Å². The zero-order valence-electron chi connectivity index (χ0n) is 6.22. The van der Waals surface area contributed by atoms with Crippen molar-refractivity contribution >= 4 is 5.78 Å². The van der Waals surface area contributed by atoms with E-state index in [1.807, 2.05) is 0 Å². The Hall–Kier alpha value is -0.790. The second-order valence-electron chi connectivity index (χ2n) is 2.51. The molecule has 0 aromatic heterocycles. The molecule has 0 spiro atoms. The summed E-state index contributed by atoms with van der Waals surface area (Å²) in [6, 6.07) is 0. The Morgan fingerprint density at radius 1 is 1.40 bits per heavy atom. The number of Topliss-reactive ketones (excluding diaryl/α,β-unsaturated/α-hetero) is 1. The van der Waals surface area contributed by atoms with Crippen LogP contribution in [0.2, 0.25) is 0 Å². The molecule has 2 heteroatoms. The first kappa shape index (κ1) is 7.32. The molecule has 1 fully saturated rings. The smallest absolute Gasteiger partial charge is 0.161 e. The monoisotopic (exact) mass is 140 g/mol. The highest BCUT2D eigenvalue weighted by Crippen LogP contribution is 2.19. The van der Waals surface area contributed by atoms with Gasteiger partial charge in [0.2, 0.25) is 0 Å². The number of hydrogen-bond donors (Lipinski definition) is 0. The van der Waals surface area contributed by atoms with E-state index < -0.39 is 0 Å². The van der Waals surface area contributed by atoms with E-state index in [2.05, 4.69) is 0 Å². The minimum Gasteiger partial charge on any atom is -0.504 e. The lowest BCUT2D eigenvalue weighted by molar-refractivity contribution is -0.116. The lowest BCUT2D eigenvalue weighted by atomic mass is 9.95. The van der Waals surface area contributed by atoms with Crippen LogP contribution in [0.3, 0.4) is 0 Å². The van der Waals surface area contributed by atoms with Gasteiger partial charge >= 0.3 is 0 Å². The summed E-state index contributed by atoms with van der Waals surface area (Å²) in [6.07, 6.45) is 5.34. The van der Waals surface area contributed by atoms with E-state index in [-0.39, 0.29) is 5.78 Å². The van der Waals surface area contributed by atoms with E-state index in [0.717, 1.165) is 24.8 Å². The highest BCUT2D eigenvalue weighted by atomic mass is 16.5. The Balaban J connectivity index is 2.56. The molecule has 56 valence electrons. The molecule has 0 amide bonds. The van der Waals surface area contributed by atoms with Crippen molar-refractivity contribution in [3.63, 3.8) is 0 Å². The van der Waals surface area contributed by atoms with Crippen molar-refractivity contribution in [2.75, 3.05) is 7.11 Å². The van der Waals surface area contributed by atoms with Gasteiger partial charge < -0.3 is 4.74 Å². The van der Waals surface area contributed by atoms with Crippen LogP contribution in [0.1, 0.15) is 25.7 Å². The number of ether oxygens (including phenoxy) is 1. The predicted molar refractivity (Wildman–Crippen MR) is 38.6 cm³/mol. The average Bonchev–Trinajstić information content (AvgIpc) is 1.94. The van der Waals surface area contributed by atoms with Crippen LogP contribution >= 0.6 is 0 Å². The molecule has 1 aliphatic rings. The summed E-state index contributed by atoms with van der Waals surface area (Å²) in [5.74, 6) is 0.258. The first-order chi connectivity index (χ1) is 4.84. The molecule has 1 aliphatic carbocycles. The molecule has 0 aromatic rings. The van der Waals surface area contributed by atoms with Crippen molar-refractivity contribution in [2.24, 2.45) is 0 Å². The van der Waals surface area contributed by atoms with Gasteiger partial charge in [0.25, 0.3) is 0 Å². The number of hydrogen-bond acceptors (Lipinski definition) is 2. The molecule has 0 atom stereocenters. The minimum atomic E-state index is 0.258. The normalized spacial score (nSPS) is 23.3. The van der Waals surface area contributed by atoms with Crippen LogP contribution in [-0.4, -0.2) is 12.9 Å². The Morgan fingerprint density at radius 3 is 2.70 bits per heavy atom. The molecule has 0 saturated heterocycles. The molecule has 1 rings (SSSR count). The number of carbonyl (C=O) groups excluding carboxylic acids is 1. The second-order valence-corrected chi connectivity index (χ2v) is 2.51. The van der Waals surface area contributed by atoms with Gasteiger partial charge in [-0.25, -0.2) is 0 Å². The second kappa shape index (κ2) is 3.40. The quantitative estimate of drug-likeness (QED) is 0.409. The minimum absolute atomic E-state index is 0.258. The van der Waals surface area contributed by atoms with Gasteiger partial charge in [0.1, 0.15) is 0 Å². The van der Waals surface area contributed by atoms with E-state index >= 15 is 0 Å². The van der Waals surface area contributed by atoms with Crippen LogP contribution in [0.25, 0.3) is 0 Å². The SMILES string of the molecule is CO/C=C1\CCCCC1=O. The summed E-state index contributed by atoms with van der Waals surface area (Å²) >= 11 is 0. The fraction of sp³-hybridized carbons (Fsp3) is 0.625. The molecule has 10 heavy (non-hydrogen) atoms. The van der Waals surface area contributed by atoms with Crippen LogP contribution < -0.4 is 0 Å². The van der Waals surface area contributed by atoms with Gasteiger partial charge in [0.05, 0.1) is 13.4 Å². The van der Waals surface area contributed by atoms with Gasteiger partial charge in [-0.05, 0) is 19.3 Å². The molecule has 0 unspecified atom stereocenters. The largest absolute Gasteiger partial charge is 0.504 e. The van der Waals surface area contributed by atoms with Crippen molar-refractivity contribution in [3.8, 4) is 0 Å². The van der Waals surface area contributed by atoms with Crippen molar-refractivity contribution in [3.05, 3.63) is 11.8 Å². The Kier molecular flexibility index (Phi) is 2.49. The number of allylic oxidation sites excluding steroid dienone is 1. The zero-order chi connectivity index (χ0) is 7.40. The highest BCUT2D eigenvalue weighted by molar-refractivity contribution is 5.95. The highest BCUT2D eigenvalue weighted by Gasteiger charge is 2.14. The summed E-state index contributed by atoms with van der Waals surface area (Å²) < 4.78 is 4.77. The molecule has 2 nitrogen and oxygen atoms in total. The lowest BCUT2D eigenvalue weighted by Crippen LogP contribution is -2.08. The summed E-state index contributed by atoms with van der Waals surface area (Å²) in [5.41, 5.74) is 0.855. The van der Waals surface area contributed by atoms with Crippen LogP contribution in [-0.2, 0) is 9.53 Å². The molecular weight excluding hydrogens is 128 g/mol. The summed E-state index contributed by atoms with van der Waals surface area (Å²) in [7, 11) is 1.58. The molecule has 0 N–H and O–H groups in total. The van der Waals surface area contributed by atoms with E-state index in [4.69, 9.17) is 4.74 Å². The van der Waals surface area contributed by atoms with Gasteiger partial charge in [-0.2, -0.15) is 0 Å². The third-order valence-corrected chi connectivity index (χ3v) is 1.72. The Labute approximate surface area is 60.9 Å². The maximum atomic E-state index is 11.0. The van der Waals surface area contributed by atoms with Crippen LogP contribution in [0.4, 0.5) is 0 Å². The Bertz CT molecular complexity index is 159. The maximum Gasteiger partial charge on any atom is 0.161 e. The molecule has 0 aliphatic heterocycles. The number of methoxy groups -OCH3 is 1. The van der Waals surface area contributed by atoms with Gasteiger partial charge in [-0.15, -0.1) is 0 Å². The van der Waals surface area contributed by atoms with Crippen molar-refractivity contribution in [1.29, 1.82) is 0 Å². The molecule has 0 heterocycles. The summed E-state index contributed by atoms with van der Waals surface area (Å²) in [4.78, 5) is 11.0. The van der Waals surface area contributed by atoms with Gasteiger partial charge in [0, 0.05) is 12.0 Å². The fourth-order valence-corrected chi connectivity index (χ4v) is 1.17. The molecule has 0 radical (unpaired) electrons. The lowest BCUT2D eigenvalue weighted by Gasteiger charge is -2.10. The van der Waals surface area contributed by atoms with Crippen LogP contribution in [0.15, 0.2) is 11.8 Å². The average molecular weight is 140 g/mol. The first-order valence-electron chi connectivity index (χ1n) is 3.59. The first-order valence-corrected chi connectivity index (χ1v) is 3.59. The van der Waals surface area contributed by atoms with Gasteiger partial charge in [-0.1, -0.05) is 0 Å². The molecule has 1 saturated carbocycles. The zero-order valence-corrected chi connectivity index (χ0v) is 6.22. The summed E-state index contributed by atoms with van der Waals surface area (Å²) in [5, 5.41) is 0. The number of rotatable bonds is 1. The van der Waals surface area contributed by atoms with Gasteiger partial charge in [-0.3, -0.25) is 4.79 Å². The van der Waals surface area contributed by atoms with Gasteiger partial charge in [0.15, 0.2) is 5.78 Å². The molecule has 0 aromatic carbocycles. The molecule has 0 bridgehead atoms. The third-order valence-electron chi connectivity index (χ3n) is 1.72. The number of ketones is 1. The van der Waals surface area contributed by atoms with E-state index in [1.165, 1.54) is 0 Å². The number of carbonyl (C=O) groups is 1. The van der Waals surface area contributed by atoms with Crippen molar-refractivity contribution in [2.45, 2.75) is 25.7 Å². The third kappa shape index (κ3) is 1.59. The summed E-state index contributed by atoms with van der Waals surface area (Å²) in [6.45, 7) is 0. The maximum absolute atomic E-state index is 11.0. The van der Waals surface area contributed by atoms with Crippen LogP contribution in [0, 0.1) is 0 Å².